The third-order valence-corrected chi connectivity index (χ3v) is 15.5. The summed E-state index contributed by atoms with van der Waals surface area (Å²) < 4.78 is 10.3. The van der Waals surface area contributed by atoms with Crippen molar-refractivity contribution >= 4 is 61.5 Å². The molecule has 0 amide bonds. The molecular weight excluding hydrogens is 973 g/mol. The summed E-state index contributed by atoms with van der Waals surface area (Å²) >= 11 is -1.86. The molecule has 0 saturated heterocycles. The summed E-state index contributed by atoms with van der Waals surface area (Å²) in [7, 11) is 0. The molecule has 0 aliphatic rings. The van der Waals surface area contributed by atoms with Gasteiger partial charge in [0.1, 0.15) is 0 Å². The molecule has 4 heterocycles. The second-order valence-electron chi connectivity index (χ2n) is 17.9. The van der Waals surface area contributed by atoms with E-state index in [1.165, 1.54) is 33.2 Å². The number of furan rings is 1. The summed E-state index contributed by atoms with van der Waals surface area (Å²) in [6.07, 6.45) is 3.27. The van der Waals surface area contributed by atoms with Crippen molar-refractivity contribution in [2.45, 2.75) is 84.0 Å². The van der Waals surface area contributed by atoms with E-state index in [-0.39, 0.29) is 20.1 Å². The second kappa shape index (κ2) is 17.6. The Kier molecular flexibility index (Phi) is 12.7. The predicted octanol–water partition coefficient (Wildman–Crippen LogP) is 13.8. The normalized spacial score (nSPS) is 11.9. The van der Waals surface area contributed by atoms with Gasteiger partial charge in [-0.2, -0.15) is 0 Å². The summed E-state index contributed by atoms with van der Waals surface area (Å²) in [5, 5.41) is 4.58. The van der Waals surface area contributed by atoms with Gasteiger partial charge < -0.3 is 8.98 Å². The molecule has 0 spiro atoms. The molecule has 5 nitrogen and oxygen atoms in total. The summed E-state index contributed by atoms with van der Waals surface area (Å²) in [4.78, 5) is 14.6. The Morgan fingerprint density at radius 1 is 0.733 bits per heavy atom. The van der Waals surface area contributed by atoms with Gasteiger partial charge in [0.25, 0.3) is 0 Å². The molecule has 7 heteroatoms. The summed E-state index contributed by atoms with van der Waals surface area (Å²) in [5.74, 6) is 9.44. The zero-order valence-electron chi connectivity index (χ0n) is 36.4. The molecule has 0 unspecified atom stereocenters. The minimum absolute atomic E-state index is 0. The van der Waals surface area contributed by atoms with Gasteiger partial charge in [0.15, 0.2) is 0 Å². The fourth-order valence-corrected chi connectivity index (χ4v) is 11.8. The zero-order valence-corrected chi connectivity index (χ0v) is 40.9. The fourth-order valence-electron chi connectivity index (χ4n) is 8.44. The first-order valence-corrected chi connectivity index (χ1v) is 28.3. The minimum Gasteiger partial charge on any atom is -0.486 e. The maximum Gasteiger partial charge on any atom is 0.216 e. The van der Waals surface area contributed by atoms with Crippen LogP contribution in [0.3, 0.4) is 0 Å². The number of para-hydroxylation sites is 2. The number of hydrogen-bond acceptors (Lipinski definition) is 4. The molecule has 0 saturated carbocycles. The molecule has 0 aliphatic carbocycles. The number of benzene rings is 5. The van der Waals surface area contributed by atoms with E-state index in [0.717, 1.165) is 62.1 Å². The van der Waals surface area contributed by atoms with Crippen molar-refractivity contribution in [3.8, 4) is 28.3 Å². The molecule has 307 valence electrons. The van der Waals surface area contributed by atoms with Crippen LogP contribution in [0.25, 0.3) is 72.2 Å². The molecule has 60 heavy (non-hydrogen) atoms. The third-order valence-electron chi connectivity index (χ3n) is 11.1. The number of fused-ring (bicyclic) bond motifs is 5. The molecule has 0 N–H and O–H groups in total. The quantitative estimate of drug-likeness (QED) is 0.112. The Bertz CT molecular complexity index is 2960. The van der Waals surface area contributed by atoms with Crippen LogP contribution in [0.5, 0.6) is 0 Å². The number of nitrogens with zero attached hydrogens (tertiary/aromatic N) is 4. The second-order valence-corrected chi connectivity index (χ2v) is 28.4. The molecule has 9 aromatic rings. The Balaban J connectivity index is 0.000000220. The minimum atomic E-state index is -1.86. The van der Waals surface area contributed by atoms with Crippen molar-refractivity contribution in [2.24, 2.45) is 5.92 Å². The van der Waals surface area contributed by atoms with E-state index in [2.05, 4.69) is 166 Å². The van der Waals surface area contributed by atoms with Crippen molar-refractivity contribution < 1.29 is 24.5 Å². The van der Waals surface area contributed by atoms with E-state index in [1.807, 2.05) is 37.3 Å². The van der Waals surface area contributed by atoms with Crippen LogP contribution in [0.2, 0.25) is 17.3 Å². The first-order valence-electron chi connectivity index (χ1n) is 21.0. The third kappa shape index (κ3) is 8.39. The van der Waals surface area contributed by atoms with Crippen molar-refractivity contribution in [3.05, 3.63) is 150 Å². The van der Waals surface area contributed by atoms with Crippen LogP contribution in [0.15, 0.2) is 120 Å². The maximum absolute atomic E-state index is 6.44. The Labute approximate surface area is 371 Å². The Morgan fingerprint density at radius 3 is 2.20 bits per heavy atom. The van der Waals surface area contributed by atoms with Crippen LogP contribution in [0.1, 0.15) is 75.8 Å². The summed E-state index contributed by atoms with van der Waals surface area (Å²) in [6.45, 7) is 15.7. The van der Waals surface area contributed by atoms with E-state index >= 15 is 0 Å². The van der Waals surface area contributed by atoms with Crippen molar-refractivity contribution in [1.29, 1.82) is 0 Å². The Hall–Kier alpha value is -4.88. The molecule has 0 aliphatic heterocycles. The molecule has 0 fully saturated rings. The molecule has 1 radical (unpaired) electrons. The molecule has 4 aromatic heterocycles. The Morgan fingerprint density at radius 2 is 1.48 bits per heavy atom. The zero-order chi connectivity index (χ0) is 41.6. The maximum atomic E-state index is 6.44. The van der Waals surface area contributed by atoms with Crippen LogP contribution < -0.4 is 4.40 Å². The first kappa shape index (κ1) is 43.2. The average molecular weight is 1030 g/mol. The number of rotatable bonds is 8. The van der Waals surface area contributed by atoms with E-state index < -0.39 is 13.3 Å². The van der Waals surface area contributed by atoms with Gasteiger partial charge in [0.2, 0.25) is 5.71 Å². The first-order chi connectivity index (χ1) is 28.3. The van der Waals surface area contributed by atoms with Gasteiger partial charge in [-0.1, -0.05) is 75.0 Å². The van der Waals surface area contributed by atoms with Gasteiger partial charge in [-0.15, -0.1) is 18.2 Å². The van der Waals surface area contributed by atoms with E-state index in [0.29, 0.717) is 23.5 Å². The van der Waals surface area contributed by atoms with Crippen molar-refractivity contribution in [3.63, 3.8) is 0 Å². The van der Waals surface area contributed by atoms with Crippen molar-refractivity contribution in [2.75, 3.05) is 0 Å². The molecular formula is C53H54GeIrN4O-2. The van der Waals surface area contributed by atoms with Gasteiger partial charge in [0, 0.05) is 36.9 Å². The van der Waals surface area contributed by atoms with Crippen LogP contribution in [-0.4, -0.2) is 32.8 Å². The molecule has 9 rings (SSSR count). The number of pyridine rings is 2. The average Bonchev–Trinajstić information content (AvgIpc) is 3.78. The van der Waals surface area contributed by atoms with Gasteiger partial charge in [-0.05, 0) is 71.0 Å². The number of imidazole rings is 1. The van der Waals surface area contributed by atoms with E-state index in [1.54, 1.807) is 4.40 Å². The summed E-state index contributed by atoms with van der Waals surface area (Å²) in [5.41, 5.74) is 12.7. The van der Waals surface area contributed by atoms with Gasteiger partial charge in [-0.3, -0.25) is 4.98 Å². The van der Waals surface area contributed by atoms with Crippen molar-refractivity contribution in [1.82, 2.24) is 19.5 Å². The topological polar surface area (TPSA) is 56.7 Å². The van der Waals surface area contributed by atoms with Crippen LogP contribution in [-0.2, 0) is 26.5 Å². The van der Waals surface area contributed by atoms with Crippen LogP contribution in [0, 0.1) is 25.0 Å². The van der Waals surface area contributed by atoms with Crippen LogP contribution >= 0.6 is 0 Å². The van der Waals surface area contributed by atoms with Gasteiger partial charge in [0.05, 0.1) is 22.4 Å². The van der Waals surface area contributed by atoms with E-state index in [9.17, 15) is 0 Å². The molecule has 0 atom stereocenters. The molecule has 5 aromatic carbocycles. The fraction of sp³-hybridized carbons (Fsp3) is 0.264. The smallest absolute Gasteiger partial charge is 0.216 e. The monoisotopic (exact) mass is 1030 g/mol. The van der Waals surface area contributed by atoms with Crippen LogP contribution in [0.4, 0.5) is 0 Å². The van der Waals surface area contributed by atoms with Gasteiger partial charge in [-0.25, -0.2) is 4.98 Å². The summed E-state index contributed by atoms with van der Waals surface area (Å²) in [6, 6.07) is 44.8. The number of aryl methyl sites for hydroxylation is 1. The SMILES string of the molecule is CC(C)Cc1cc(-c2[c-]cccc2)nc[c]1[Ge]([CH3])([CH3])[CH3].Cc1ccc2c(n1)oc1c(-c3nc4ccccc4n3-c3c(C(C)C)cc4ccccc4c3C(C)C)[c-]ccc12.[Ir]. The van der Waals surface area contributed by atoms with E-state index in [4.69, 9.17) is 14.4 Å². The predicted molar refractivity (Wildman–Crippen MR) is 251 cm³/mol. The standard InChI is InChI=1S/C35H30N3O.C18H24GeN.Ir/c1-20(2)28-19-23-11-6-7-12-24(23)31(21(3)4)32(28)38-30-16-9-8-15-29(30)37-34(38)27-14-10-13-25-26-18-17-22(5)36-35(26)39-33(25)27;1-14(2)11-16-12-18(15-9-7-6-8-10-15)20-13-17(16)19(3,4)5;/h6-13,15-21H,1-5H3;6-9,12-14H,11H2,1-5H3;/q2*-1;. The molecule has 0 bridgehead atoms. The largest absolute Gasteiger partial charge is 0.486 e. The number of hydrogen-bond donors (Lipinski definition) is 0. The number of aromatic nitrogens is 4. The van der Waals surface area contributed by atoms with Gasteiger partial charge >= 0.3 is 126 Å².